The lowest BCUT2D eigenvalue weighted by Gasteiger charge is -2.34. The van der Waals surface area contributed by atoms with Crippen LogP contribution < -0.4 is 4.74 Å². The third-order valence-corrected chi connectivity index (χ3v) is 6.74. The van der Waals surface area contributed by atoms with Crippen LogP contribution in [0.2, 0.25) is 0 Å². The van der Waals surface area contributed by atoms with Crippen LogP contribution in [-0.4, -0.2) is 40.7 Å². The predicted molar refractivity (Wildman–Crippen MR) is 137 cm³/mol. The summed E-state index contributed by atoms with van der Waals surface area (Å²) in [5, 5.41) is 29.0. The molecular weight excluding hydrogens is 412 g/mol. The maximum Gasteiger partial charge on any atom is 0.122 e. The minimum atomic E-state index is -0.880. The van der Waals surface area contributed by atoms with Gasteiger partial charge in [-0.15, -0.1) is 0 Å². The summed E-state index contributed by atoms with van der Waals surface area (Å²) in [5.74, 6) is 0.724. The van der Waals surface area contributed by atoms with Crippen molar-refractivity contribution < 1.29 is 20.1 Å². The topological polar surface area (TPSA) is 69.9 Å². The fraction of sp³-hybridized carbons (Fsp3) is 0.517. The third-order valence-electron chi connectivity index (χ3n) is 6.74. The molecule has 3 N–H and O–H groups in total. The lowest BCUT2D eigenvalue weighted by molar-refractivity contribution is 0.0534. The summed E-state index contributed by atoms with van der Waals surface area (Å²) < 4.78 is 5.70. The van der Waals surface area contributed by atoms with E-state index < -0.39 is 12.2 Å². The second kappa shape index (κ2) is 11.3. The van der Waals surface area contributed by atoms with E-state index >= 15 is 0 Å². The van der Waals surface area contributed by atoms with Gasteiger partial charge in [0, 0.05) is 5.41 Å². The zero-order valence-corrected chi connectivity index (χ0v) is 21.4. The minimum absolute atomic E-state index is 0.0709. The summed E-state index contributed by atoms with van der Waals surface area (Å²) in [6.07, 6.45) is 4.45. The van der Waals surface area contributed by atoms with Gasteiger partial charge in [-0.1, -0.05) is 77.1 Å². The maximum absolute atomic E-state index is 10.4. The molecule has 0 spiro atoms. The van der Waals surface area contributed by atoms with E-state index in [1.807, 2.05) is 45.9 Å². The van der Waals surface area contributed by atoms with Crippen molar-refractivity contribution in [1.29, 1.82) is 0 Å². The Hall–Kier alpha value is -2.14. The summed E-state index contributed by atoms with van der Waals surface area (Å²) in [6.45, 7) is 14.4. The van der Waals surface area contributed by atoms with E-state index in [-0.39, 0.29) is 24.0 Å². The Morgan fingerprint density at radius 3 is 1.97 bits per heavy atom. The van der Waals surface area contributed by atoms with Crippen molar-refractivity contribution in [2.75, 3.05) is 13.2 Å². The van der Waals surface area contributed by atoms with Crippen LogP contribution in [0, 0.1) is 19.3 Å². The minimum Gasteiger partial charge on any atom is -0.491 e. The first kappa shape index (κ1) is 27.1. The van der Waals surface area contributed by atoms with E-state index in [1.165, 1.54) is 16.7 Å². The number of hydrogen-bond acceptors (Lipinski definition) is 4. The van der Waals surface area contributed by atoms with Crippen molar-refractivity contribution in [3.63, 3.8) is 0 Å². The molecule has 0 saturated carbocycles. The zero-order valence-electron chi connectivity index (χ0n) is 21.4. The zero-order chi connectivity index (χ0) is 24.8. The fourth-order valence-electron chi connectivity index (χ4n) is 4.22. The molecule has 0 saturated heterocycles. The normalized spacial score (nSPS) is 14.5. The van der Waals surface area contributed by atoms with Crippen molar-refractivity contribution >= 4 is 6.08 Å². The summed E-state index contributed by atoms with van der Waals surface area (Å²) in [7, 11) is 0. The van der Waals surface area contributed by atoms with E-state index in [9.17, 15) is 10.2 Å². The van der Waals surface area contributed by atoms with Gasteiger partial charge in [-0.3, -0.25) is 0 Å². The first-order valence-corrected chi connectivity index (χ1v) is 12.0. The number of benzene rings is 2. The van der Waals surface area contributed by atoms with E-state index in [0.29, 0.717) is 0 Å². The van der Waals surface area contributed by atoms with Crippen LogP contribution in [0.5, 0.6) is 5.75 Å². The lowest BCUT2D eigenvalue weighted by Crippen LogP contribution is -2.26. The number of aliphatic hydroxyl groups is 3. The molecule has 0 bridgehead atoms. The monoisotopic (exact) mass is 454 g/mol. The SMILES string of the molecule is CCC(CC)(c1ccc(/C=C/C(O)C(C)(C)C)c(C)c1)c1ccc(OC[C@@H](O)CO)c(C)c1. The molecule has 0 aliphatic rings. The van der Waals surface area contributed by atoms with Gasteiger partial charge in [-0.2, -0.15) is 0 Å². The van der Waals surface area contributed by atoms with E-state index in [0.717, 1.165) is 29.7 Å². The Bertz CT molecular complexity index is 935. The van der Waals surface area contributed by atoms with Gasteiger partial charge in [0.15, 0.2) is 0 Å². The molecule has 182 valence electrons. The van der Waals surface area contributed by atoms with Gasteiger partial charge in [0.05, 0.1) is 12.7 Å². The molecule has 2 aromatic carbocycles. The highest BCUT2D eigenvalue weighted by Crippen LogP contribution is 2.41. The molecular formula is C29H42O4. The van der Waals surface area contributed by atoms with Crippen LogP contribution in [-0.2, 0) is 5.41 Å². The molecule has 2 atom stereocenters. The number of ether oxygens (including phenoxy) is 1. The van der Waals surface area contributed by atoms with Gasteiger partial charge in [0.1, 0.15) is 18.5 Å². The second-order valence-corrected chi connectivity index (χ2v) is 10.2. The van der Waals surface area contributed by atoms with Crippen molar-refractivity contribution in [3.8, 4) is 5.75 Å². The molecule has 4 nitrogen and oxygen atoms in total. The first-order valence-electron chi connectivity index (χ1n) is 12.0. The van der Waals surface area contributed by atoms with Gasteiger partial charge in [0.2, 0.25) is 0 Å². The average Bonchev–Trinajstić information content (AvgIpc) is 2.78. The lowest BCUT2D eigenvalue weighted by atomic mass is 9.70. The number of aryl methyl sites for hydroxylation is 2. The van der Waals surface area contributed by atoms with Crippen molar-refractivity contribution in [3.05, 3.63) is 70.3 Å². The molecule has 1 unspecified atom stereocenters. The highest BCUT2D eigenvalue weighted by molar-refractivity contribution is 5.57. The summed E-state index contributed by atoms with van der Waals surface area (Å²) in [5.41, 5.74) is 5.53. The molecule has 0 amide bonds. The van der Waals surface area contributed by atoms with Gasteiger partial charge < -0.3 is 20.1 Å². The smallest absolute Gasteiger partial charge is 0.122 e. The second-order valence-electron chi connectivity index (χ2n) is 10.2. The van der Waals surface area contributed by atoms with E-state index in [4.69, 9.17) is 9.84 Å². The van der Waals surface area contributed by atoms with Crippen molar-refractivity contribution in [2.45, 2.75) is 78.9 Å². The van der Waals surface area contributed by atoms with Crippen LogP contribution >= 0.6 is 0 Å². The molecule has 0 heterocycles. The van der Waals surface area contributed by atoms with Gasteiger partial charge in [-0.05, 0) is 66.0 Å². The average molecular weight is 455 g/mol. The predicted octanol–water partition coefficient (Wildman–Crippen LogP) is 5.56. The molecule has 0 aliphatic carbocycles. The Morgan fingerprint density at radius 2 is 1.48 bits per heavy atom. The van der Waals surface area contributed by atoms with Crippen molar-refractivity contribution in [1.82, 2.24) is 0 Å². The van der Waals surface area contributed by atoms with Crippen LogP contribution in [0.25, 0.3) is 6.08 Å². The quantitative estimate of drug-likeness (QED) is 0.439. The van der Waals surface area contributed by atoms with E-state index in [1.54, 1.807) is 0 Å². The first-order chi connectivity index (χ1) is 15.5. The third kappa shape index (κ3) is 6.47. The highest BCUT2D eigenvalue weighted by Gasteiger charge is 2.31. The molecule has 0 aromatic heterocycles. The molecule has 33 heavy (non-hydrogen) atoms. The summed E-state index contributed by atoms with van der Waals surface area (Å²) >= 11 is 0. The van der Waals surface area contributed by atoms with Crippen LogP contribution in [0.1, 0.15) is 75.3 Å². The molecule has 4 heteroatoms. The largest absolute Gasteiger partial charge is 0.491 e. The number of rotatable bonds is 10. The Kier molecular flexibility index (Phi) is 9.30. The highest BCUT2D eigenvalue weighted by atomic mass is 16.5. The molecule has 0 aliphatic heterocycles. The molecule has 2 rings (SSSR count). The summed E-state index contributed by atoms with van der Waals surface area (Å²) in [4.78, 5) is 0. The maximum atomic E-state index is 10.4. The van der Waals surface area contributed by atoms with Gasteiger partial charge in [-0.25, -0.2) is 0 Å². The van der Waals surface area contributed by atoms with Gasteiger partial charge in [0.25, 0.3) is 0 Å². The fourth-order valence-corrected chi connectivity index (χ4v) is 4.22. The number of aliphatic hydroxyl groups excluding tert-OH is 3. The Morgan fingerprint density at radius 1 is 0.909 bits per heavy atom. The van der Waals surface area contributed by atoms with Gasteiger partial charge >= 0.3 is 0 Å². The van der Waals surface area contributed by atoms with Crippen LogP contribution in [0.3, 0.4) is 0 Å². The van der Waals surface area contributed by atoms with Crippen LogP contribution in [0.4, 0.5) is 0 Å². The van der Waals surface area contributed by atoms with Crippen LogP contribution in [0.15, 0.2) is 42.5 Å². The molecule has 0 radical (unpaired) electrons. The Labute approximate surface area is 199 Å². The summed E-state index contributed by atoms with van der Waals surface area (Å²) in [6, 6.07) is 12.9. The molecule has 0 fully saturated rings. The van der Waals surface area contributed by atoms with Crippen molar-refractivity contribution in [2.24, 2.45) is 5.41 Å². The molecule has 2 aromatic rings. The van der Waals surface area contributed by atoms with E-state index in [2.05, 4.69) is 51.1 Å². The number of hydrogen-bond donors (Lipinski definition) is 3. The standard InChI is InChI=1S/C29H42O4/c1-8-29(9-2,24-13-14-26(21(4)17-24)33-19-25(31)18-30)23-12-10-22(20(3)16-23)11-15-27(32)28(5,6)7/h10-17,25,27,30-32H,8-9,18-19H2,1-7H3/b15-11+/t25-,27?/m0/s1. The Balaban J connectivity index is 2.38.